The standard InChI is InChI=1S/C14H13NO2/c1-15(17)14(16)10-9-12-7-4-6-11-5-2-3-8-13(11)12/h2-10,17H,1H3/b10-9+. The molecular weight excluding hydrogens is 214 g/mol. The first-order chi connectivity index (χ1) is 8.18. The van der Waals surface area contributed by atoms with Gasteiger partial charge in [0.2, 0.25) is 0 Å². The molecule has 0 unspecified atom stereocenters. The van der Waals surface area contributed by atoms with Gasteiger partial charge in [-0.2, -0.15) is 0 Å². The largest absolute Gasteiger partial charge is 0.286 e. The summed E-state index contributed by atoms with van der Waals surface area (Å²) in [7, 11) is 1.30. The number of benzene rings is 2. The average Bonchev–Trinajstić information content (AvgIpc) is 2.35. The number of amides is 1. The van der Waals surface area contributed by atoms with E-state index in [0.29, 0.717) is 5.06 Å². The van der Waals surface area contributed by atoms with Crippen molar-refractivity contribution in [2.24, 2.45) is 0 Å². The van der Waals surface area contributed by atoms with Crippen LogP contribution in [0.15, 0.2) is 48.5 Å². The second-order valence-electron chi connectivity index (χ2n) is 3.76. The van der Waals surface area contributed by atoms with Gasteiger partial charge < -0.3 is 0 Å². The number of hydroxylamine groups is 2. The van der Waals surface area contributed by atoms with Crippen LogP contribution >= 0.6 is 0 Å². The number of carbonyl (C=O) groups is 1. The van der Waals surface area contributed by atoms with Crippen molar-refractivity contribution in [2.75, 3.05) is 7.05 Å². The fraction of sp³-hybridized carbons (Fsp3) is 0.0714. The first-order valence-electron chi connectivity index (χ1n) is 5.31. The van der Waals surface area contributed by atoms with Gasteiger partial charge in [0.25, 0.3) is 5.91 Å². The summed E-state index contributed by atoms with van der Waals surface area (Å²) in [5.74, 6) is -0.446. The lowest BCUT2D eigenvalue weighted by molar-refractivity contribution is -0.153. The summed E-state index contributed by atoms with van der Waals surface area (Å²) in [6.07, 6.45) is 3.05. The summed E-state index contributed by atoms with van der Waals surface area (Å²) in [4.78, 5) is 11.2. The monoisotopic (exact) mass is 227 g/mol. The second-order valence-corrected chi connectivity index (χ2v) is 3.76. The Labute approximate surface area is 99.6 Å². The van der Waals surface area contributed by atoms with Crippen molar-refractivity contribution in [2.45, 2.75) is 0 Å². The van der Waals surface area contributed by atoms with Crippen LogP contribution in [0, 0.1) is 0 Å². The van der Waals surface area contributed by atoms with Gasteiger partial charge in [0.1, 0.15) is 0 Å². The molecule has 0 bridgehead atoms. The van der Waals surface area contributed by atoms with E-state index >= 15 is 0 Å². The van der Waals surface area contributed by atoms with E-state index in [4.69, 9.17) is 5.21 Å². The van der Waals surface area contributed by atoms with E-state index in [9.17, 15) is 4.79 Å². The van der Waals surface area contributed by atoms with Crippen LogP contribution in [0.5, 0.6) is 0 Å². The van der Waals surface area contributed by atoms with Crippen LogP contribution in [0.3, 0.4) is 0 Å². The minimum atomic E-state index is -0.446. The quantitative estimate of drug-likeness (QED) is 0.487. The Bertz CT molecular complexity index is 568. The molecular formula is C14H13NO2. The van der Waals surface area contributed by atoms with Crippen molar-refractivity contribution in [3.8, 4) is 0 Å². The Hall–Kier alpha value is -2.13. The SMILES string of the molecule is CN(O)C(=O)/C=C/c1cccc2ccccc12. The fourth-order valence-corrected chi connectivity index (χ4v) is 1.66. The summed E-state index contributed by atoms with van der Waals surface area (Å²) in [5, 5.41) is 11.7. The second kappa shape index (κ2) is 4.80. The lowest BCUT2D eigenvalue weighted by Gasteiger charge is -2.04. The van der Waals surface area contributed by atoms with Crippen LogP contribution in [0.2, 0.25) is 0 Å². The Morgan fingerprint density at radius 1 is 1.18 bits per heavy atom. The van der Waals surface area contributed by atoms with Gasteiger partial charge in [0.05, 0.1) is 0 Å². The fourth-order valence-electron chi connectivity index (χ4n) is 1.66. The Morgan fingerprint density at radius 3 is 2.65 bits per heavy atom. The highest BCUT2D eigenvalue weighted by molar-refractivity contribution is 5.96. The average molecular weight is 227 g/mol. The predicted octanol–water partition coefficient (Wildman–Crippen LogP) is 2.70. The summed E-state index contributed by atoms with van der Waals surface area (Å²) < 4.78 is 0. The molecule has 3 heteroatoms. The molecule has 1 amide bonds. The first kappa shape index (κ1) is 11.4. The van der Waals surface area contributed by atoms with Gasteiger partial charge in [0, 0.05) is 13.1 Å². The van der Waals surface area contributed by atoms with Gasteiger partial charge in [-0.3, -0.25) is 10.0 Å². The van der Waals surface area contributed by atoms with E-state index in [1.54, 1.807) is 6.08 Å². The highest BCUT2D eigenvalue weighted by Gasteiger charge is 2.00. The Morgan fingerprint density at radius 2 is 1.88 bits per heavy atom. The van der Waals surface area contributed by atoms with Crippen LogP contribution in [0.1, 0.15) is 5.56 Å². The van der Waals surface area contributed by atoms with Gasteiger partial charge >= 0.3 is 0 Å². The molecule has 17 heavy (non-hydrogen) atoms. The first-order valence-corrected chi connectivity index (χ1v) is 5.31. The zero-order chi connectivity index (χ0) is 12.3. The number of likely N-dealkylation sites (N-methyl/N-ethyl adjacent to an activating group) is 1. The van der Waals surface area contributed by atoms with Crippen LogP contribution in [0.25, 0.3) is 16.8 Å². The normalized spacial score (nSPS) is 10.9. The van der Waals surface area contributed by atoms with Gasteiger partial charge in [-0.1, -0.05) is 42.5 Å². The molecule has 2 rings (SSSR count). The maximum Gasteiger partial charge on any atom is 0.269 e. The van der Waals surface area contributed by atoms with E-state index in [1.165, 1.54) is 13.1 Å². The molecule has 0 atom stereocenters. The van der Waals surface area contributed by atoms with Crippen molar-refractivity contribution in [1.29, 1.82) is 0 Å². The lowest BCUT2D eigenvalue weighted by Crippen LogP contribution is -2.19. The molecule has 0 heterocycles. The van der Waals surface area contributed by atoms with Crippen molar-refractivity contribution in [3.63, 3.8) is 0 Å². The molecule has 1 N–H and O–H groups in total. The van der Waals surface area contributed by atoms with E-state index in [2.05, 4.69) is 0 Å². The number of hydrogen-bond acceptors (Lipinski definition) is 2. The van der Waals surface area contributed by atoms with Crippen molar-refractivity contribution < 1.29 is 10.0 Å². The summed E-state index contributed by atoms with van der Waals surface area (Å²) in [5.41, 5.74) is 0.957. The zero-order valence-electron chi connectivity index (χ0n) is 9.50. The zero-order valence-corrected chi connectivity index (χ0v) is 9.50. The summed E-state index contributed by atoms with van der Waals surface area (Å²) in [6.45, 7) is 0. The number of nitrogens with zero attached hydrogens (tertiary/aromatic N) is 1. The van der Waals surface area contributed by atoms with Crippen LogP contribution in [0.4, 0.5) is 0 Å². The molecule has 0 saturated heterocycles. The topological polar surface area (TPSA) is 40.5 Å². The molecule has 2 aromatic rings. The summed E-state index contributed by atoms with van der Waals surface area (Å²) >= 11 is 0. The van der Waals surface area contributed by atoms with Crippen molar-refractivity contribution >= 4 is 22.8 Å². The molecule has 0 spiro atoms. The van der Waals surface area contributed by atoms with E-state index in [0.717, 1.165) is 16.3 Å². The van der Waals surface area contributed by atoms with E-state index in [-0.39, 0.29) is 0 Å². The highest BCUT2D eigenvalue weighted by Crippen LogP contribution is 2.19. The van der Waals surface area contributed by atoms with Crippen molar-refractivity contribution in [1.82, 2.24) is 5.06 Å². The third-order valence-electron chi connectivity index (χ3n) is 2.55. The number of fused-ring (bicyclic) bond motifs is 1. The summed E-state index contributed by atoms with van der Waals surface area (Å²) in [6, 6.07) is 13.8. The van der Waals surface area contributed by atoms with Gasteiger partial charge in [-0.25, -0.2) is 5.06 Å². The molecule has 0 fully saturated rings. The van der Waals surface area contributed by atoms with Crippen LogP contribution in [-0.2, 0) is 4.79 Å². The van der Waals surface area contributed by atoms with Crippen molar-refractivity contribution in [3.05, 3.63) is 54.1 Å². The van der Waals surface area contributed by atoms with E-state index < -0.39 is 5.91 Å². The molecule has 0 aliphatic heterocycles. The molecule has 3 nitrogen and oxygen atoms in total. The number of hydrogen-bond donors (Lipinski definition) is 1. The molecule has 86 valence electrons. The Kier molecular flexibility index (Phi) is 3.21. The smallest absolute Gasteiger partial charge is 0.269 e. The van der Waals surface area contributed by atoms with Crippen LogP contribution in [-0.4, -0.2) is 23.2 Å². The van der Waals surface area contributed by atoms with Gasteiger partial charge in [-0.15, -0.1) is 0 Å². The maximum absolute atomic E-state index is 11.2. The molecule has 0 saturated carbocycles. The van der Waals surface area contributed by atoms with Gasteiger partial charge in [-0.05, 0) is 22.4 Å². The molecule has 0 aromatic heterocycles. The third kappa shape index (κ3) is 2.52. The van der Waals surface area contributed by atoms with E-state index in [1.807, 2.05) is 42.5 Å². The third-order valence-corrected chi connectivity index (χ3v) is 2.55. The molecule has 0 radical (unpaired) electrons. The molecule has 0 aliphatic carbocycles. The van der Waals surface area contributed by atoms with Crippen LogP contribution < -0.4 is 0 Å². The predicted molar refractivity (Wildman–Crippen MR) is 67.5 cm³/mol. The Balaban J connectivity index is 2.39. The maximum atomic E-state index is 11.2. The minimum Gasteiger partial charge on any atom is -0.286 e. The molecule has 0 aliphatic rings. The number of rotatable bonds is 2. The highest BCUT2D eigenvalue weighted by atomic mass is 16.5. The number of carbonyl (C=O) groups excluding carboxylic acids is 1. The lowest BCUT2D eigenvalue weighted by atomic mass is 10.0. The minimum absolute atomic E-state index is 0.446. The van der Waals surface area contributed by atoms with Gasteiger partial charge in [0.15, 0.2) is 0 Å². The molecule has 2 aromatic carbocycles.